The molecule has 0 bridgehead atoms. The topological polar surface area (TPSA) is 29.6 Å². The van der Waals surface area contributed by atoms with Crippen LogP contribution < -0.4 is 0 Å². The Kier molecular flexibility index (Phi) is 15.4. The second-order valence-corrected chi connectivity index (χ2v) is 33.1. The van der Waals surface area contributed by atoms with Gasteiger partial charge in [0.2, 0.25) is 0 Å². The van der Waals surface area contributed by atoms with Crippen molar-refractivity contribution in [1.82, 2.24) is 27.4 Å². The van der Waals surface area contributed by atoms with Crippen LogP contribution in [0.4, 0.5) is 0 Å². The summed E-state index contributed by atoms with van der Waals surface area (Å²) in [4.78, 5) is 0. The standard InChI is InChI=1S/2C42H26N2.C34H22N2/c1-2-11-31(12-3-1)43-25-24-36-37(43)22-23-39-42(36)35-14-4-5-15-38(35)44(39)32-13-7-10-30(26-32)33-20-18-29-17-16-27-8-6-9-28-19-21-34(33)41(29)40(27)28;1-2-9-31(10-3-1)43-26-25-36-37(43)23-24-39-42(36)35-11-4-5-12-38(35)44(39)32-19-15-27(16-20-32)33-21-17-30-14-13-28-7-6-8-29-18-22-34(33)41(30)40(28)29;1-2-10-27(11-3-1)35-19-18-30-31(35)16-17-33-34(30)29-12-6-7-13-32(29)36(33)28-15-14-25-20-23-8-4-5-9-24(23)21-26(25)22-28/h2*1-26H;1-22H. The zero-order valence-corrected chi connectivity index (χ0v) is 67.4. The summed E-state index contributed by atoms with van der Waals surface area (Å²) in [5, 5.41) is 32.4. The van der Waals surface area contributed by atoms with Gasteiger partial charge in [-0.15, -0.1) is 0 Å². The van der Waals surface area contributed by atoms with Gasteiger partial charge < -0.3 is 27.4 Å². The molecular weight excluding hydrogens is 1500 g/mol. The Morgan fingerprint density at radius 2 is 0.435 bits per heavy atom. The Balaban J connectivity index is 0.000000100. The molecule has 0 fully saturated rings. The highest BCUT2D eigenvalue weighted by atomic mass is 15.0. The van der Waals surface area contributed by atoms with E-state index >= 15 is 0 Å². The number of hydrogen-bond donors (Lipinski definition) is 0. The van der Waals surface area contributed by atoms with Crippen LogP contribution in [0.3, 0.4) is 0 Å². The van der Waals surface area contributed by atoms with Crippen molar-refractivity contribution in [2.75, 3.05) is 0 Å². The SMILES string of the molecule is c1ccc(-n2ccc3c4c5ccccc5n(-c5ccc(-c6ccc7ccc8cccc9ccc6c7c89)cc5)c4ccc32)cc1.c1ccc(-n2ccc3c4c5ccccc5n(-c5ccc6cc7ccccc7cc6c5)c4ccc32)cc1.c1ccc(-n2ccc3c4c5ccccc5n(-c5cccc(-c6ccc7ccc8cccc9ccc6c7c89)c5)c4ccc32)cc1. The number of rotatable bonds is 8. The van der Waals surface area contributed by atoms with Gasteiger partial charge in [0, 0.05) is 101 Å². The van der Waals surface area contributed by atoms with Crippen LogP contribution >= 0.6 is 0 Å². The molecule has 6 heteroatoms. The van der Waals surface area contributed by atoms with E-state index in [4.69, 9.17) is 0 Å². The molecule has 28 aromatic rings. The predicted molar refractivity (Wildman–Crippen MR) is 526 cm³/mol. The molecular formula is C118H74N6. The second kappa shape index (κ2) is 27.5. The minimum absolute atomic E-state index is 1.17. The summed E-state index contributed by atoms with van der Waals surface area (Å²) in [7, 11) is 0. The highest BCUT2D eigenvalue weighted by Crippen LogP contribution is 2.47. The minimum atomic E-state index is 1.17. The van der Waals surface area contributed by atoms with E-state index in [9.17, 15) is 0 Å². The van der Waals surface area contributed by atoms with Crippen molar-refractivity contribution in [2.24, 2.45) is 0 Å². The Morgan fingerprint density at radius 1 is 0.129 bits per heavy atom. The first kappa shape index (κ1) is 69.4. The van der Waals surface area contributed by atoms with Crippen LogP contribution in [0.25, 0.3) is 241 Å². The van der Waals surface area contributed by atoms with Crippen molar-refractivity contribution in [2.45, 2.75) is 0 Å². The van der Waals surface area contributed by atoms with E-state index < -0.39 is 0 Å². The lowest BCUT2D eigenvalue weighted by Crippen LogP contribution is -1.95. The summed E-state index contributed by atoms with van der Waals surface area (Å²) in [5.74, 6) is 0. The molecule has 28 rings (SSSR count). The van der Waals surface area contributed by atoms with E-state index in [2.05, 4.69) is 477 Å². The summed E-state index contributed by atoms with van der Waals surface area (Å²) in [6.07, 6.45) is 6.57. The van der Waals surface area contributed by atoms with E-state index in [-0.39, 0.29) is 0 Å². The molecule has 22 aromatic carbocycles. The maximum atomic E-state index is 2.43. The summed E-state index contributed by atoms with van der Waals surface area (Å²) in [5.41, 5.74) is 23.0. The van der Waals surface area contributed by atoms with Gasteiger partial charge in [-0.2, -0.15) is 0 Å². The van der Waals surface area contributed by atoms with Gasteiger partial charge in [-0.1, -0.05) is 273 Å². The molecule has 6 heterocycles. The van der Waals surface area contributed by atoms with Crippen molar-refractivity contribution >= 4 is 184 Å². The van der Waals surface area contributed by atoms with Gasteiger partial charge >= 0.3 is 0 Å². The fourth-order valence-corrected chi connectivity index (χ4v) is 21.0. The fourth-order valence-electron chi connectivity index (χ4n) is 21.0. The van der Waals surface area contributed by atoms with E-state index in [0.29, 0.717) is 0 Å². The Bertz CT molecular complexity index is 9140. The van der Waals surface area contributed by atoms with E-state index in [1.807, 2.05) is 0 Å². The number of fused-ring (bicyclic) bond motifs is 17. The van der Waals surface area contributed by atoms with Gasteiger partial charge in [0.25, 0.3) is 0 Å². The first-order valence-electron chi connectivity index (χ1n) is 42.8. The molecule has 0 N–H and O–H groups in total. The van der Waals surface area contributed by atoms with Crippen molar-refractivity contribution in [3.63, 3.8) is 0 Å². The van der Waals surface area contributed by atoms with Crippen molar-refractivity contribution in [3.05, 3.63) is 449 Å². The minimum Gasteiger partial charge on any atom is -0.317 e. The van der Waals surface area contributed by atoms with Gasteiger partial charge in [-0.05, 0) is 266 Å². The lowest BCUT2D eigenvalue weighted by molar-refractivity contribution is 1.13. The zero-order valence-electron chi connectivity index (χ0n) is 67.4. The highest BCUT2D eigenvalue weighted by molar-refractivity contribution is 6.29. The molecule has 6 nitrogen and oxygen atoms in total. The molecule has 0 aliphatic heterocycles. The molecule has 576 valence electrons. The largest absolute Gasteiger partial charge is 0.317 e. The van der Waals surface area contributed by atoms with Gasteiger partial charge in [0.1, 0.15) is 0 Å². The molecule has 0 radical (unpaired) electrons. The molecule has 0 unspecified atom stereocenters. The van der Waals surface area contributed by atoms with Crippen molar-refractivity contribution in [1.29, 1.82) is 0 Å². The first-order chi connectivity index (χ1) is 61.5. The Hall–Kier alpha value is -16.5. The lowest BCUT2D eigenvalue weighted by Gasteiger charge is -2.15. The van der Waals surface area contributed by atoms with Crippen LogP contribution in [0.15, 0.2) is 449 Å². The molecule has 0 spiro atoms. The summed E-state index contributed by atoms with van der Waals surface area (Å²) in [6, 6.07) is 157. The van der Waals surface area contributed by atoms with E-state index in [1.54, 1.807) is 0 Å². The molecule has 0 saturated carbocycles. The van der Waals surface area contributed by atoms with Crippen LogP contribution in [0.2, 0.25) is 0 Å². The van der Waals surface area contributed by atoms with Crippen LogP contribution in [0.1, 0.15) is 0 Å². The summed E-state index contributed by atoms with van der Waals surface area (Å²) >= 11 is 0. The number of benzene rings is 22. The maximum Gasteiger partial charge on any atom is 0.0548 e. The lowest BCUT2D eigenvalue weighted by atomic mass is 9.90. The number of nitrogens with zero attached hydrogens (tertiary/aromatic N) is 6. The summed E-state index contributed by atoms with van der Waals surface area (Å²) < 4.78 is 14.1. The maximum absolute atomic E-state index is 2.43. The predicted octanol–water partition coefficient (Wildman–Crippen LogP) is 31.6. The Morgan fingerprint density at radius 3 is 0.887 bits per heavy atom. The Labute approximate surface area is 712 Å². The molecule has 0 atom stereocenters. The molecule has 0 saturated heterocycles. The second-order valence-electron chi connectivity index (χ2n) is 33.1. The van der Waals surface area contributed by atoms with Gasteiger partial charge in [-0.3, -0.25) is 0 Å². The molecule has 0 aliphatic rings. The third kappa shape index (κ3) is 10.7. The zero-order chi connectivity index (χ0) is 81.2. The monoisotopic (exact) mass is 1570 g/mol. The fraction of sp³-hybridized carbons (Fsp3) is 0. The van der Waals surface area contributed by atoms with Crippen LogP contribution in [0.5, 0.6) is 0 Å². The van der Waals surface area contributed by atoms with Crippen LogP contribution in [-0.2, 0) is 0 Å². The smallest absolute Gasteiger partial charge is 0.0548 e. The first-order valence-corrected chi connectivity index (χ1v) is 42.8. The average molecular weight is 1580 g/mol. The quantitative estimate of drug-likeness (QED) is 0.107. The molecule has 6 aromatic heterocycles. The number of hydrogen-bond acceptors (Lipinski definition) is 0. The molecule has 124 heavy (non-hydrogen) atoms. The van der Waals surface area contributed by atoms with Gasteiger partial charge in [0.15, 0.2) is 0 Å². The van der Waals surface area contributed by atoms with Crippen LogP contribution in [0, 0.1) is 0 Å². The average Bonchev–Trinajstić information content (AvgIpc) is 1.68. The van der Waals surface area contributed by atoms with Crippen molar-refractivity contribution < 1.29 is 0 Å². The van der Waals surface area contributed by atoms with Crippen LogP contribution in [-0.4, -0.2) is 27.4 Å². The van der Waals surface area contributed by atoms with Gasteiger partial charge in [0.05, 0.1) is 49.7 Å². The number of para-hydroxylation sites is 6. The van der Waals surface area contributed by atoms with Crippen molar-refractivity contribution in [3.8, 4) is 56.4 Å². The van der Waals surface area contributed by atoms with E-state index in [1.165, 1.54) is 241 Å². The molecule has 0 aliphatic carbocycles. The molecule has 0 amide bonds. The normalized spacial score (nSPS) is 12.0. The van der Waals surface area contributed by atoms with Gasteiger partial charge in [-0.25, -0.2) is 0 Å². The third-order valence-electron chi connectivity index (χ3n) is 26.5. The highest BCUT2D eigenvalue weighted by Gasteiger charge is 2.23. The third-order valence-corrected chi connectivity index (χ3v) is 26.5. The number of aromatic nitrogens is 6. The summed E-state index contributed by atoms with van der Waals surface area (Å²) in [6.45, 7) is 0. The van der Waals surface area contributed by atoms with E-state index in [0.717, 1.165) is 0 Å².